The molecule has 100 valence electrons. The molecule has 2 N–H and O–H groups in total. The largest absolute Gasteiger partial charge is 0.497 e. The van der Waals surface area contributed by atoms with Crippen molar-refractivity contribution < 1.29 is 4.74 Å². The molecule has 0 aromatic heterocycles. The Morgan fingerprint density at radius 1 is 1.44 bits per heavy atom. The zero-order chi connectivity index (χ0) is 13.8. The van der Waals surface area contributed by atoms with Crippen molar-refractivity contribution in [3.05, 3.63) is 24.3 Å². The molecule has 0 aliphatic rings. The molecule has 0 atom stereocenters. The van der Waals surface area contributed by atoms with E-state index < -0.39 is 0 Å². The molecule has 3 nitrogen and oxygen atoms in total. The fraction of sp³-hybridized carbons (Fsp3) is 0.500. The standard InChI is InChI=1S/C14H22N2OS/c1-14(2,13(15)18)8-9-16(3)11-6-5-7-12(10-11)17-4/h5-7,10H,8-9H2,1-4H3,(H2,15,18). The number of benzene rings is 1. The molecule has 0 aliphatic heterocycles. The van der Waals surface area contributed by atoms with Gasteiger partial charge in [-0.05, 0) is 18.6 Å². The van der Waals surface area contributed by atoms with Crippen LogP contribution in [0.3, 0.4) is 0 Å². The van der Waals surface area contributed by atoms with Crippen LogP contribution in [0.2, 0.25) is 0 Å². The third-order valence-electron chi connectivity index (χ3n) is 3.23. The summed E-state index contributed by atoms with van der Waals surface area (Å²) in [5.41, 5.74) is 6.76. The number of anilines is 1. The van der Waals surface area contributed by atoms with Crippen molar-refractivity contribution in [2.24, 2.45) is 11.1 Å². The molecule has 4 heteroatoms. The molecule has 0 aliphatic carbocycles. The Labute approximate surface area is 115 Å². The van der Waals surface area contributed by atoms with Crippen molar-refractivity contribution in [1.82, 2.24) is 0 Å². The first-order valence-corrected chi connectivity index (χ1v) is 6.43. The van der Waals surface area contributed by atoms with Gasteiger partial charge in [0.2, 0.25) is 0 Å². The second-order valence-electron chi connectivity index (χ2n) is 5.12. The van der Waals surface area contributed by atoms with Crippen LogP contribution in [0.5, 0.6) is 5.75 Å². The van der Waals surface area contributed by atoms with Crippen LogP contribution in [0.15, 0.2) is 24.3 Å². The van der Waals surface area contributed by atoms with E-state index in [1.165, 1.54) is 0 Å². The first-order valence-electron chi connectivity index (χ1n) is 6.02. The van der Waals surface area contributed by atoms with Crippen LogP contribution in [0.25, 0.3) is 0 Å². The lowest BCUT2D eigenvalue weighted by Crippen LogP contribution is -2.33. The highest BCUT2D eigenvalue weighted by Gasteiger charge is 2.21. The Morgan fingerprint density at radius 3 is 2.67 bits per heavy atom. The van der Waals surface area contributed by atoms with Gasteiger partial charge in [0.15, 0.2) is 0 Å². The molecule has 0 amide bonds. The summed E-state index contributed by atoms with van der Waals surface area (Å²) in [5, 5.41) is 0. The summed E-state index contributed by atoms with van der Waals surface area (Å²) in [5.74, 6) is 0.868. The Kier molecular flexibility index (Phi) is 4.96. The average Bonchev–Trinajstić information content (AvgIpc) is 2.36. The highest BCUT2D eigenvalue weighted by molar-refractivity contribution is 7.80. The summed E-state index contributed by atoms with van der Waals surface area (Å²) in [6, 6.07) is 8.02. The summed E-state index contributed by atoms with van der Waals surface area (Å²) in [4.78, 5) is 2.75. The number of nitrogens with zero attached hydrogens (tertiary/aromatic N) is 1. The van der Waals surface area contributed by atoms with E-state index in [2.05, 4.69) is 31.9 Å². The van der Waals surface area contributed by atoms with Crippen LogP contribution in [0.4, 0.5) is 5.69 Å². The molecule has 0 heterocycles. The van der Waals surface area contributed by atoms with Crippen LogP contribution < -0.4 is 15.4 Å². The Morgan fingerprint density at radius 2 is 2.11 bits per heavy atom. The van der Waals surface area contributed by atoms with Crippen molar-refractivity contribution >= 4 is 22.9 Å². The maximum Gasteiger partial charge on any atom is 0.120 e. The van der Waals surface area contributed by atoms with E-state index >= 15 is 0 Å². The minimum absolute atomic E-state index is 0.109. The van der Waals surface area contributed by atoms with E-state index in [4.69, 9.17) is 22.7 Å². The van der Waals surface area contributed by atoms with Gasteiger partial charge in [-0.2, -0.15) is 0 Å². The smallest absolute Gasteiger partial charge is 0.120 e. The van der Waals surface area contributed by atoms with Crippen molar-refractivity contribution in [1.29, 1.82) is 0 Å². The summed E-state index contributed by atoms with van der Waals surface area (Å²) < 4.78 is 5.22. The van der Waals surface area contributed by atoms with Crippen LogP contribution in [-0.2, 0) is 0 Å². The third-order valence-corrected chi connectivity index (χ3v) is 3.79. The number of methoxy groups -OCH3 is 1. The van der Waals surface area contributed by atoms with Crippen molar-refractivity contribution in [2.45, 2.75) is 20.3 Å². The van der Waals surface area contributed by atoms with Crippen molar-refractivity contribution in [3.63, 3.8) is 0 Å². The minimum atomic E-state index is -0.109. The number of thiocarbonyl (C=S) groups is 1. The lowest BCUT2D eigenvalue weighted by atomic mass is 9.89. The SMILES string of the molecule is COc1cccc(N(C)CCC(C)(C)C(N)=S)c1. The van der Waals surface area contributed by atoms with Crippen LogP contribution >= 0.6 is 12.2 Å². The monoisotopic (exact) mass is 266 g/mol. The van der Waals surface area contributed by atoms with Crippen LogP contribution in [0.1, 0.15) is 20.3 Å². The molecule has 18 heavy (non-hydrogen) atoms. The van der Waals surface area contributed by atoms with Crippen LogP contribution in [-0.4, -0.2) is 25.7 Å². The topological polar surface area (TPSA) is 38.5 Å². The zero-order valence-corrected chi connectivity index (χ0v) is 12.4. The van der Waals surface area contributed by atoms with E-state index in [0.29, 0.717) is 4.99 Å². The van der Waals surface area contributed by atoms with Crippen molar-refractivity contribution in [2.75, 3.05) is 25.6 Å². The van der Waals surface area contributed by atoms with E-state index in [9.17, 15) is 0 Å². The minimum Gasteiger partial charge on any atom is -0.497 e. The molecule has 0 saturated carbocycles. The number of nitrogens with two attached hydrogens (primary N) is 1. The summed E-state index contributed by atoms with van der Waals surface area (Å²) in [6.45, 7) is 5.06. The zero-order valence-electron chi connectivity index (χ0n) is 11.6. The van der Waals surface area contributed by atoms with Crippen LogP contribution in [0, 0.1) is 5.41 Å². The Bertz CT molecular complexity index is 418. The van der Waals surface area contributed by atoms with Gasteiger partial charge < -0.3 is 15.4 Å². The molecule has 0 unspecified atom stereocenters. The Balaban J connectivity index is 2.65. The fourth-order valence-electron chi connectivity index (χ4n) is 1.55. The molecular weight excluding hydrogens is 244 g/mol. The molecule has 0 bridgehead atoms. The number of ether oxygens (including phenoxy) is 1. The number of rotatable bonds is 6. The lowest BCUT2D eigenvalue weighted by Gasteiger charge is -2.27. The number of hydrogen-bond donors (Lipinski definition) is 1. The molecule has 0 saturated heterocycles. The normalized spacial score (nSPS) is 11.1. The van der Waals surface area contributed by atoms with Gasteiger partial charge in [-0.3, -0.25) is 0 Å². The van der Waals surface area contributed by atoms with Gasteiger partial charge in [-0.1, -0.05) is 32.1 Å². The summed E-state index contributed by atoms with van der Waals surface area (Å²) in [7, 11) is 3.74. The molecular formula is C14H22N2OS. The molecule has 1 rings (SSSR count). The van der Waals surface area contributed by atoms with Gasteiger partial charge in [0.25, 0.3) is 0 Å². The average molecular weight is 266 g/mol. The highest BCUT2D eigenvalue weighted by atomic mass is 32.1. The second kappa shape index (κ2) is 6.05. The third kappa shape index (κ3) is 3.88. The molecule has 0 radical (unpaired) electrons. The van der Waals surface area contributed by atoms with Gasteiger partial charge >= 0.3 is 0 Å². The molecule has 1 aromatic rings. The second-order valence-corrected chi connectivity index (χ2v) is 5.56. The van der Waals surface area contributed by atoms with Gasteiger partial charge in [-0.25, -0.2) is 0 Å². The molecule has 0 fully saturated rings. The first kappa shape index (κ1) is 14.8. The molecule has 1 aromatic carbocycles. The van der Waals surface area contributed by atoms with E-state index in [0.717, 1.165) is 24.4 Å². The van der Waals surface area contributed by atoms with Gasteiger partial charge in [-0.15, -0.1) is 0 Å². The maximum atomic E-state index is 5.73. The van der Waals surface area contributed by atoms with Gasteiger partial charge in [0.1, 0.15) is 5.75 Å². The van der Waals surface area contributed by atoms with E-state index in [1.807, 2.05) is 18.2 Å². The Hall–Kier alpha value is -1.29. The first-order chi connectivity index (χ1) is 8.36. The quantitative estimate of drug-likeness (QED) is 0.804. The van der Waals surface area contributed by atoms with Gasteiger partial charge in [0.05, 0.1) is 12.1 Å². The lowest BCUT2D eigenvalue weighted by molar-refractivity contribution is 0.414. The van der Waals surface area contributed by atoms with E-state index in [-0.39, 0.29) is 5.41 Å². The van der Waals surface area contributed by atoms with E-state index in [1.54, 1.807) is 7.11 Å². The predicted molar refractivity (Wildman–Crippen MR) is 81.4 cm³/mol. The van der Waals surface area contributed by atoms with Gasteiger partial charge in [0, 0.05) is 30.8 Å². The summed E-state index contributed by atoms with van der Waals surface area (Å²) in [6.07, 6.45) is 0.927. The fourth-order valence-corrected chi connectivity index (χ4v) is 1.65. The predicted octanol–water partition coefficient (Wildman–Crippen LogP) is 2.83. The van der Waals surface area contributed by atoms with Crippen molar-refractivity contribution in [3.8, 4) is 5.75 Å². The maximum absolute atomic E-state index is 5.73. The summed E-state index contributed by atoms with van der Waals surface area (Å²) >= 11 is 5.08. The number of hydrogen-bond acceptors (Lipinski definition) is 3. The molecule has 0 spiro atoms. The highest BCUT2D eigenvalue weighted by Crippen LogP contribution is 2.24.